The summed E-state index contributed by atoms with van der Waals surface area (Å²) in [6, 6.07) is 12.6. The van der Waals surface area contributed by atoms with E-state index in [1.54, 1.807) is 18.2 Å². The van der Waals surface area contributed by atoms with Crippen LogP contribution in [0.4, 0.5) is 14.5 Å². The van der Waals surface area contributed by atoms with Crippen molar-refractivity contribution in [3.63, 3.8) is 0 Å². The molecule has 0 fully saturated rings. The molecule has 12 heteroatoms. The average Bonchev–Trinajstić information content (AvgIpc) is 3.45. The van der Waals surface area contributed by atoms with E-state index in [4.69, 9.17) is 11.6 Å². The highest BCUT2D eigenvalue weighted by Gasteiger charge is 2.25. The van der Waals surface area contributed by atoms with Gasteiger partial charge in [-0.1, -0.05) is 48.4 Å². The molecule has 2 aromatic heterocycles. The Bertz CT molecular complexity index is 1650. The third-order valence-electron chi connectivity index (χ3n) is 7.24. The van der Waals surface area contributed by atoms with Gasteiger partial charge in [-0.05, 0) is 49.1 Å². The van der Waals surface area contributed by atoms with Crippen molar-refractivity contribution in [1.82, 2.24) is 24.5 Å². The number of carbonyl (C=O) groups is 2. The molecule has 0 aliphatic carbocycles. The van der Waals surface area contributed by atoms with Crippen molar-refractivity contribution >= 4 is 29.0 Å². The van der Waals surface area contributed by atoms with E-state index in [1.807, 2.05) is 31.2 Å². The van der Waals surface area contributed by atoms with Gasteiger partial charge in [-0.3, -0.25) is 19.0 Å². The summed E-state index contributed by atoms with van der Waals surface area (Å²) in [5, 5.41) is 10.6. The van der Waals surface area contributed by atoms with Crippen LogP contribution in [0.5, 0.6) is 0 Å². The van der Waals surface area contributed by atoms with E-state index in [2.05, 4.69) is 20.6 Å². The zero-order valence-corrected chi connectivity index (χ0v) is 22.9. The van der Waals surface area contributed by atoms with Gasteiger partial charge in [0, 0.05) is 34.7 Å². The Morgan fingerprint density at radius 2 is 1.85 bits per heavy atom. The number of aryl methyl sites for hydroxylation is 1. The van der Waals surface area contributed by atoms with Gasteiger partial charge in [-0.15, -0.1) is 5.10 Å². The van der Waals surface area contributed by atoms with E-state index in [0.29, 0.717) is 47.6 Å². The Morgan fingerprint density at radius 3 is 2.61 bits per heavy atom. The van der Waals surface area contributed by atoms with E-state index in [-0.39, 0.29) is 29.7 Å². The standard InChI is InChI=1S/C29H27ClF2N6O3/c1-17-5-4-8-25(26(39)12-9-18-6-2-3-7-21(18)34-29(17)41)37-16-33-22(14-27(37)40)20-13-19(30)10-11-24(20)38-15-23(28(31)32)35-36-38/h2-3,6-7,10-11,13-17,25,28H,4-5,8-9,12H2,1H3,(H,34,41)/t17-,25+/m1/s1. The smallest absolute Gasteiger partial charge is 0.283 e. The molecule has 0 saturated heterocycles. The summed E-state index contributed by atoms with van der Waals surface area (Å²) in [5.41, 5.74) is 1.55. The first kappa shape index (κ1) is 28.3. The number of ketones is 1. The van der Waals surface area contributed by atoms with Crippen LogP contribution in [0.2, 0.25) is 5.02 Å². The second-order valence-corrected chi connectivity index (χ2v) is 10.5. The van der Waals surface area contributed by atoms with Crippen LogP contribution in [0.15, 0.2) is 65.8 Å². The molecule has 9 nitrogen and oxygen atoms in total. The fraction of sp³-hybridized carbons (Fsp3) is 0.310. The predicted octanol–water partition coefficient (Wildman–Crippen LogP) is 5.58. The molecule has 212 valence electrons. The largest absolute Gasteiger partial charge is 0.326 e. The molecule has 41 heavy (non-hydrogen) atoms. The number of hydrogen-bond acceptors (Lipinski definition) is 6. The number of amides is 1. The summed E-state index contributed by atoms with van der Waals surface area (Å²) in [6.07, 6.45) is 1.69. The minimum Gasteiger partial charge on any atom is -0.326 e. The van der Waals surface area contributed by atoms with Crippen molar-refractivity contribution < 1.29 is 18.4 Å². The number of nitrogens with zero attached hydrogens (tertiary/aromatic N) is 5. The molecule has 0 unspecified atom stereocenters. The van der Waals surface area contributed by atoms with Crippen LogP contribution in [-0.4, -0.2) is 36.2 Å². The predicted molar refractivity (Wildman–Crippen MR) is 149 cm³/mol. The molecule has 0 radical (unpaired) electrons. The van der Waals surface area contributed by atoms with Crippen molar-refractivity contribution in [2.75, 3.05) is 5.32 Å². The maximum atomic E-state index is 13.5. The molecular formula is C29H27ClF2N6O3. The van der Waals surface area contributed by atoms with Crippen molar-refractivity contribution in [3.05, 3.63) is 87.7 Å². The Balaban J connectivity index is 1.47. The summed E-state index contributed by atoms with van der Waals surface area (Å²) < 4.78 is 28.7. The number of hydrogen-bond donors (Lipinski definition) is 1. The van der Waals surface area contributed by atoms with Gasteiger partial charge in [-0.25, -0.2) is 18.4 Å². The molecule has 1 aliphatic rings. The molecule has 5 rings (SSSR count). The lowest BCUT2D eigenvalue weighted by Gasteiger charge is -2.22. The third-order valence-corrected chi connectivity index (χ3v) is 7.47. The molecule has 2 atom stereocenters. The molecule has 4 aromatic rings. The highest BCUT2D eigenvalue weighted by Crippen LogP contribution is 2.29. The van der Waals surface area contributed by atoms with Crippen LogP contribution >= 0.6 is 11.6 Å². The van der Waals surface area contributed by atoms with E-state index in [9.17, 15) is 23.2 Å². The normalized spacial score (nSPS) is 18.4. The van der Waals surface area contributed by atoms with Gasteiger partial charge in [0.05, 0.1) is 29.9 Å². The molecule has 2 aromatic carbocycles. The number of aromatic nitrogens is 5. The first-order valence-electron chi connectivity index (χ1n) is 13.2. The van der Waals surface area contributed by atoms with Gasteiger partial charge in [0.15, 0.2) is 5.78 Å². The highest BCUT2D eigenvalue weighted by atomic mass is 35.5. The van der Waals surface area contributed by atoms with Crippen molar-refractivity contribution in [1.29, 1.82) is 0 Å². The summed E-state index contributed by atoms with van der Waals surface area (Å²) in [7, 11) is 0. The topological polar surface area (TPSA) is 112 Å². The van der Waals surface area contributed by atoms with Crippen LogP contribution in [0.25, 0.3) is 16.9 Å². The second kappa shape index (κ2) is 12.1. The Labute approximate surface area is 239 Å². The fourth-order valence-corrected chi connectivity index (χ4v) is 5.12. The number of para-hydroxylation sites is 1. The zero-order valence-electron chi connectivity index (χ0n) is 22.1. The molecule has 1 amide bonds. The van der Waals surface area contributed by atoms with Crippen LogP contribution in [-0.2, 0) is 16.0 Å². The molecule has 1 N–H and O–H groups in total. The molecule has 3 heterocycles. The van der Waals surface area contributed by atoms with Crippen molar-refractivity contribution in [2.24, 2.45) is 5.92 Å². The van der Waals surface area contributed by atoms with Crippen molar-refractivity contribution in [3.8, 4) is 16.9 Å². The Hall–Kier alpha value is -4.25. The number of anilines is 1. The number of halogens is 3. The highest BCUT2D eigenvalue weighted by molar-refractivity contribution is 6.31. The Kier molecular flexibility index (Phi) is 8.34. The summed E-state index contributed by atoms with van der Waals surface area (Å²) >= 11 is 6.22. The monoisotopic (exact) mass is 580 g/mol. The summed E-state index contributed by atoms with van der Waals surface area (Å²) in [6.45, 7) is 1.84. The Morgan fingerprint density at radius 1 is 1.05 bits per heavy atom. The summed E-state index contributed by atoms with van der Waals surface area (Å²) in [4.78, 5) is 44.1. The van der Waals surface area contributed by atoms with Crippen LogP contribution in [0.3, 0.4) is 0 Å². The van der Waals surface area contributed by atoms with E-state index >= 15 is 0 Å². The van der Waals surface area contributed by atoms with E-state index in [0.717, 1.165) is 11.8 Å². The number of carbonyl (C=O) groups excluding carboxylic acids is 2. The number of Topliss-reactive ketones (excluding diaryl/α,β-unsaturated/α-hetero) is 1. The van der Waals surface area contributed by atoms with Crippen LogP contribution in [0.1, 0.15) is 56.3 Å². The number of rotatable bonds is 4. The maximum absolute atomic E-state index is 13.5. The maximum Gasteiger partial charge on any atom is 0.283 e. The summed E-state index contributed by atoms with van der Waals surface area (Å²) in [5.74, 6) is -0.477. The minimum absolute atomic E-state index is 0.0885. The molecule has 0 spiro atoms. The van der Waals surface area contributed by atoms with Crippen LogP contribution in [0, 0.1) is 5.92 Å². The minimum atomic E-state index is -2.80. The molecular weight excluding hydrogens is 554 g/mol. The van der Waals surface area contributed by atoms with Gasteiger partial charge in [0.1, 0.15) is 5.69 Å². The second-order valence-electron chi connectivity index (χ2n) is 10.0. The van der Waals surface area contributed by atoms with Crippen molar-refractivity contribution in [2.45, 2.75) is 51.5 Å². The molecule has 0 saturated carbocycles. The third kappa shape index (κ3) is 6.25. The van der Waals surface area contributed by atoms with Gasteiger partial charge >= 0.3 is 0 Å². The number of alkyl halides is 2. The van der Waals surface area contributed by atoms with E-state index < -0.39 is 23.7 Å². The fourth-order valence-electron chi connectivity index (χ4n) is 4.94. The van der Waals surface area contributed by atoms with Gasteiger partial charge < -0.3 is 5.32 Å². The SMILES string of the molecule is C[C@@H]1CCC[C@H](n2cnc(-c3cc(Cl)ccc3-n3cc(C(F)F)nn3)cc2=O)C(=O)CCc2ccccc2NC1=O. The number of nitrogens with one attached hydrogen (secondary N) is 1. The first-order valence-corrected chi connectivity index (χ1v) is 13.6. The van der Waals surface area contributed by atoms with Gasteiger partial charge in [-0.2, -0.15) is 0 Å². The lowest BCUT2D eigenvalue weighted by Crippen LogP contribution is -2.31. The van der Waals surface area contributed by atoms with Gasteiger partial charge in [0.2, 0.25) is 5.91 Å². The lowest BCUT2D eigenvalue weighted by molar-refractivity contribution is -0.122. The first-order chi connectivity index (χ1) is 19.7. The molecule has 1 aliphatic heterocycles. The number of fused-ring (bicyclic) bond motifs is 1. The van der Waals surface area contributed by atoms with Gasteiger partial charge in [0.25, 0.3) is 12.0 Å². The quantitative estimate of drug-likeness (QED) is 0.337. The zero-order chi connectivity index (χ0) is 29.1. The van der Waals surface area contributed by atoms with E-state index in [1.165, 1.54) is 21.6 Å². The molecule has 0 bridgehead atoms. The number of benzene rings is 2. The van der Waals surface area contributed by atoms with Crippen LogP contribution < -0.4 is 10.9 Å². The lowest BCUT2D eigenvalue weighted by atomic mass is 9.94. The average molecular weight is 581 g/mol.